The van der Waals surface area contributed by atoms with Gasteiger partial charge in [-0.05, 0) is 18.2 Å². The topological polar surface area (TPSA) is 124 Å². The molecule has 0 spiro atoms. The molecule has 0 aliphatic heterocycles. The molecule has 0 unspecified atom stereocenters. The van der Waals surface area contributed by atoms with Gasteiger partial charge < -0.3 is 9.52 Å². The second kappa shape index (κ2) is 5.13. The highest BCUT2D eigenvalue weighted by Gasteiger charge is 2.24. The Labute approximate surface area is 122 Å². The standard InChI is InChI=1S/C13H8N4O5/c18-13(19)11-12(10-5-2-6-22-10)16(15-14-11)8-3-1-4-9(7-8)17(20)21/h1-7H,(H,18,19). The summed E-state index contributed by atoms with van der Waals surface area (Å²) < 4.78 is 6.40. The molecule has 0 fully saturated rings. The fraction of sp³-hybridized carbons (Fsp3) is 0. The Morgan fingerprint density at radius 3 is 2.77 bits per heavy atom. The van der Waals surface area contributed by atoms with Crippen LogP contribution in [-0.4, -0.2) is 31.0 Å². The maximum atomic E-state index is 11.3. The number of aromatic carboxylic acids is 1. The molecule has 0 amide bonds. The van der Waals surface area contributed by atoms with Gasteiger partial charge in [0, 0.05) is 12.1 Å². The molecule has 0 radical (unpaired) electrons. The van der Waals surface area contributed by atoms with Gasteiger partial charge in [0.2, 0.25) is 5.69 Å². The molecular weight excluding hydrogens is 292 g/mol. The molecule has 2 heterocycles. The normalized spacial score (nSPS) is 10.5. The minimum atomic E-state index is -1.27. The van der Waals surface area contributed by atoms with Crippen molar-refractivity contribution in [2.75, 3.05) is 0 Å². The minimum absolute atomic E-state index is 0.109. The zero-order valence-electron chi connectivity index (χ0n) is 10.9. The Kier molecular flexibility index (Phi) is 3.14. The number of hydrogen-bond acceptors (Lipinski definition) is 6. The Hall–Kier alpha value is -3.49. The van der Waals surface area contributed by atoms with Gasteiger partial charge in [-0.15, -0.1) is 5.10 Å². The van der Waals surface area contributed by atoms with Crippen LogP contribution in [0.4, 0.5) is 5.69 Å². The average Bonchev–Trinajstić information content (AvgIpc) is 3.16. The molecule has 1 N–H and O–H groups in total. The molecule has 110 valence electrons. The lowest BCUT2D eigenvalue weighted by Gasteiger charge is -2.04. The molecule has 9 nitrogen and oxygen atoms in total. The van der Waals surface area contributed by atoms with Gasteiger partial charge in [-0.1, -0.05) is 11.3 Å². The van der Waals surface area contributed by atoms with Gasteiger partial charge in [0.1, 0.15) is 5.69 Å². The van der Waals surface area contributed by atoms with E-state index in [0.717, 1.165) is 0 Å². The molecule has 0 atom stereocenters. The summed E-state index contributed by atoms with van der Waals surface area (Å²) in [5.41, 5.74) is -0.0321. The summed E-state index contributed by atoms with van der Waals surface area (Å²) in [7, 11) is 0. The van der Waals surface area contributed by atoms with E-state index in [1.807, 2.05) is 0 Å². The van der Waals surface area contributed by atoms with Crippen LogP contribution >= 0.6 is 0 Å². The number of nitrogens with zero attached hydrogens (tertiary/aromatic N) is 4. The molecule has 0 aliphatic carbocycles. The molecule has 1 aromatic carbocycles. The zero-order chi connectivity index (χ0) is 15.7. The maximum Gasteiger partial charge on any atom is 0.358 e. The van der Waals surface area contributed by atoms with Crippen LogP contribution in [0.15, 0.2) is 47.1 Å². The monoisotopic (exact) mass is 300 g/mol. The largest absolute Gasteiger partial charge is 0.476 e. The van der Waals surface area contributed by atoms with Gasteiger partial charge in [-0.25, -0.2) is 9.48 Å². The molecule has 3 rings (SSSR count). The third-order valence-electron chi connectivity index (χ3n) is 2.91. The molecule has 0 saturated carbocycles. The van der Waals surface area contributed by atoms with Crippen LogP contribution in [0, 0.1) is 10.1 Å². The number of nitro groups is 1. The highest BCUT2D eigenvalue weighted by atomic mass is 16.6. The summed E-state index contributed by atoms with van der Waals surface area (Å²) in [5.74, 6) is -1.03. The van der Waals surface area contributed by atoms with Crippen molar-refractivity contribution in [3.05, 3.63) is 58.5 Å². The summed E-state index contributed by atoms with van der Waals surface area (Å²) in [6.45, 7) is 0. The van der Waals surface area contributed by atoms with E-state index in [0.29, 0.717) is 5.69 Å². The molecule has 9 heteroatoms. The van der Waals surface area contributed by atoms with Crippen molar-refractivity contribution in [2.24, 2.45) is 0 Å². The van der Waals surface area contributed by atoms with E-state index in [-0.39, 0.29) is 22.8 Å². The van der Waals surface area contributed by atoms with E-state index in [9.17, 15) is 20.0 Å². The SMILES string of the molecule is O=C(O)c1nnn(-c2cccc([N+](=O)[O-])c2)c1-c1ccco1. The summed E-state index contributed by atoms with van der Waals surface area (Å²) in [6.07, 6.45) is 1.38. The van der Waals surface area contributed by atoms with Crippen molar-refractivity contribution >= 4 is 11.7 Å². The van der Waals surface area contributed by atoms with Crippen LogP contribution in [0.3, 0.4) is 0 Å². The highest BCUT2D eigenvalue weighted by Crippen LogP contribution is 2.27. The number of nitro benzene ring substituents is 1. The van der Waals surface area contributed by atoms with Gasteiger partial charge in [-0.2, -0.15) is 0 Å². The molecule has 2 aromatic heterocycles. The molecule has 3 aromatic rings. The Morgan fingerprint density at radius 1 is 1.32 bits per heavy atom. The second-order valence-electron chi connectivity index (χ2n) is 4.26. The summed E-state index contributed by atoms with van der Waals surface area (Å²) in [4.78, 5) is 21.6. The number of carboxylic acids is 1. The second-order valence-corrected chi connectivity index (χ2v) is 4.26. The number of aromatic nitrogens is 3. The van der Waals surface area contributed by atoms with Gasteiger partial charge >= 0.3 is 5.97 Å². The quantitative estimate of drug-likeness (QED) is 0.578. The van der Waals surface area contributed by atoms with E-state index in [2.05, 4.69) is 10.3 Å². The maximum absolute atomic E-state index is 11.3. The minimum Gasteiger partial charge on any atom is -0.476 e. The van der Waals surface area contributed by atoms with Gasteiger partial charge in [0.25, 0.3) is 5.69 Å². The van der Waals surface area contributed by atoms with Gasteiger partial charge in [-0.3, -0.25) is 10.1 Å². The number of rotatable bonds is 4. The molecule has 22 heavy (non-hydrogen) atoms. The van der Waals surface area contributed by atoms with Gasteiger partial charge in [0.15, 0.2) is 5.76 Å². The number of benzene rings is 1. The lowest BCUT2D eigenvalue weighted by atomic mass is 10.2. The summed E-state index contributed by atoms with van der Waals surface area (Å²) in [6, 6.07) is 8.77. The molecular formula is C13H8N4O5. The number of carbonyl (C=O) groups is 1. The van der Waals surface area contributed by atoms with Crippen molar-refractivity contribution in [1.82, 2.24) is 15.0 Å². The van der Waals surface area contributed by atoms with Crippen molar-refractivity contribution in [3.63, 3.8) is 0 Å². The first-order valence-electron chi connectivity index (χ1n) is 6.05. The molecule has 0 bridgehead atoms. The molecule has 0 saturated heterocycles. The van der Waals surface area contributed by atoms with Crippen LogP contribution in [0.2, 0.25) is 0 Å². The predicted octanol–water partition coefficient (Wildman–Crippen LogP) is 2.13. The fourth-order valence-electron chi connectivity index (χ4n) is 1.98. The smallest absolute Gasteiger partial charge is 0.358 e. The Bertz CT molecular complexity index is 853. The van der Waals surface area contributed by atoms with Crippen LogP contribution in [0.5, 0.6) is 0 Å². The molecule has 0 aliphatic rings. The lowest BCUT2D eigenvalue weighted by molar-refractivity contribution is -0.384. The van der Waals surface area contributed by atoms with E-state index in [1.54, 1.807) is 18.2 Å². The first-order valence-corrected chi connectivity index (χ1v) is 6.05. The van der Waals surface area contributed by atoms with Crippen molar-refractivity contribution in [2.45, 2.75) is 0 Å². The van der Waals surface area contributed by atoms with Crippen molar-refractivity contribution < 1.29 is 19.2 Å². The fourth-order valence-corrected chi connectivity index (χ4v) is 1.98. The zero-order valence-corrected chi connectivity index (χ0v) is 10.9. The summed E-state index contributed by atoms with van der Waals surface area (Å²) in [5, 5.41) is 27.4. The Balaban J connectivity index is 2.22. The van der Waals surface area contributed by atoms with Crippen molar-refractivity contribution in [3.8, 4) is 17.1 Å². The van der Waals surface area contributed by atoms with Crippen LogP contribution in [0.25, 0.3) is 17.1 Å². The van der Waals surface area contributed by atoms with E-state index in [1.165, 1.54) is 29.1 Å². The van der Waals surface area contributed by atoms with Crippen LogP contribution in [-0.2, 0) is 0 Å². The first kappa shape index (κ1) is 13.5. The average molecular weight is 300 g/mol. The third-order valence-corrected chi connectivity index (χ3v) is 2.91. The number of furan rings is 1. The van der Waals surface area contributed by atoms with E-state index < -0.39 is 10.9 Å². The number of non-ortho nitro benzene ring substituents is 1. The third kappa shape index (κ3) is 2.20. The van der Waals surface area contributed by atoms with E-state index in [4.69, 9.17) is 4.42 Å². The lowest BCUT2D eigenvalue weighted by Crippen LogP contribution is -2.03. The number of hydrogen-bond donors (Lipinski definition) is 1. The number of carboxylic acid groups (broad SMARTS) is 1. The van der Waals surface area contributed by atoms with Crippen LogP contribution in [0.1, 0.15) is 10.5 Å². The first-order chi connectivity index (χ1) is 10.6. The van der Waals surface area contributed by atoms with E-state index >= 15 is 0 Å². The van der Waals surface area contributed by atoms with Crippen molar-refractivity contribution in [1.29, 1.82) is 0 Å². The Morgan fingerprint density at radius 2 is 2.14 bits per heavy atom. The predicted molar refractivity (Wildman–Crippen MR) is 72.7 cm³/mol. The summed E-state index contributed by atoms with van der Waals surface area (Å²) >= 11 is 0. The van der Waals surface area contributed by atoms with Crippen LogP contribution < -0.4 is 0 Å². The van der Waals surface area contributed by atoms with Gasteiger partial charge in [0.05, 0.1) is 16.9 Å². The highest BCUT2D eigenvalue weighted by molar-refractivity contribution is 5.92.